The Kier molecular flexibility index (Phi) is 15.2. The number of carboxylic acid groups (broad SMARTS) is 2. The summed E-state index contributed by atoms with van der Waals surface area (Å²) in [7, 11) is 2.58. The number of benzene rings is 2. The number of nitrogens with zero attached hydrogens (tertiary/aromatic N) is 2. The summed E-state index contributed by atoms with van der Waals surface area (Å²) < 4.78 is 0. The average Bonchev–Trinajstić information content (AvgIpc) is 3.76. The van der Waals surface area contributed by atoms with E-state index >= 15 is 0 Å². The van der Waals surface area contributed by atoms with Crippen molar-refractivity contribution in [1.29, 1.82) is 0 Å². The van der Waals surface area contributed by atoms with Gasteiger partial charge in [-0.3, -0.25) is 19.2 Å². The second kappa shape index (κ2) is 19.3. The second-order valence-corrected chi connectivity index (χ2v) is 16.4. The van der Waals surface area contributed by atoms with E-state index in [4.69, 9.17) is 0 Å². The van der Waals surface area contributed by atoms with Gasteiger partial charge in [0, 0.05) is 47.0 Å². The molecule has 4 rings (SSSR count). The van der Waals surface area contributed by atoms with E-state index in [0.29, 0.717) is 11.1 Å². The van der Waals surface area contributed by atoms with Crippen molar-refractivity contribution in [2.24, 2.45) is 0 Å². The lowest BCUT2D eigenvalue weighted by molar-refractivity contribution is -0.145. The van der Waals surface area contributed by atoms with Crippen LogP contribution >= 0.6 is 45.1 Å². The molecule has 6 atom stereocenters. The van der Waals surface area contributed by atoms with Gasteiger partial charge < -0.3 is 51.1 Å². The van der Waals surface area contributed by atoms with Crippen LogP contribution in [0.4, 0.5) is 0 Å². The molecule has 0 saturated carbocycles. The summed E-state index contributed by atoms with van der Waals surface area (Å²) in [5.41, 5.74) is 0.801. The number of aliphatic carboxylic acids is 2. The van der Waals surface area contributed by atoms with E-state index in [1.54, 1.807) is 36.4 Å². The monoisotopic (exact) mass is 798 g/mol. The number of carbonyl (C=O) groups excluding carboxylic acids is 4. The first-order valence-corrected chi connectivity index (χ1v) is 20.4. The topological polar surface area (TPSA) is 254 Å². The third kappa shape index (κ3) is 9.98. The first-order chi connectivity index (χ1) is 24.9. The van der Waals surface area contributed by atoms with E-state index in [-0.39, 0.29) is 47.4 Å². The van der Waals surface area contributed by atoms with Crippen LogP contribution in [0.5, 0.6) is 11.5 Å². The minimum absolute atomic E-state index is 0.0433. The van der Waals surface area contributed by atoms with Gasteiger partial charge in [0.05, 0.1) is 13.2 Å². The Morgan fingerprint density at radius 2 is 1.04 bits per heavy atom. The van der Waals surface area contributed by atoms with Gasteiger partial charge in [0.1, 0.15) is 46.4 Å². The second-order valence-electron chi connectivity index (χ2n) is 11.4. The highest BCUT2D eigenvalue weighted by Crippen LogP contribution is 2.46. The van der Waals surface area contributed by atoms with E-state index in [2.05, 4.69) is 10.6 Å². The molecule has 52 heavy (non-hydrogen) atoms. The highest BCUT2D eigenvalue weighted by molar-refractivity contribution is 8.76. The molecular formula is C32H38N4O12S4. The van der Waals surface area contributed by atoms with E-state index in [1.165, 1.54) is 67.0 Å². The van der Waals surface area contributed by atoms with Crippen molar-refractivity contribution in [2.75, 3.05) is 36.2 Å². The molecule has 2 aromatic rings. The summed E-state index contributed by atoms with van der Waals surface area (Å²) in [5.74, 6) is -4.67. The fourth-order valence-corrected chi connectivity index (χ4v) is 10.4. The van der Waals surface area contributed by atoms with Gasteiger partial charge in [-0.05, 0) is 12.1 Å². The average molecular weight is 799 g/mol. The van der Waals surface area contributed by atoms with Crippen LogP contribution in [-0.2, 0) is 28.8 Å². The van der Waals surface area contributed by atoms with Crippen LogP contribution in [0.3, 0.4) is 0 Å². The molecule has 282 valence electrons. The maximum absolute atomic E-state index is 13.6. The number of aromatic hydroxyl groups is 2. The molecule has 2 saturated heterocycles. The molecule has 0 unspecified atom stereocenters. The zero-order valence-corrected chi connectivity index (χ0v) is 30.7. The van der Waals surface area contributed by atoms with Crippen molar-refractivity contribution in [3.8, 4) is 11.5 Å². The number of carboxylic acids is 2. The van der Waals surface area contributed by atoms with Crippen LogP contribution < -0.4 is 10.6 Å². The number of nitrogens with one attached hydrogen (secondary N) is 2. The van der Waals surface area contributed by atoms with Gasteiger partial charge in [-0.15, -0.1) is 23.5 Å². The summed E-state index contributed by atoms with van der Waals surface area (Å²) in [6.07, 6.45) is -0.0866. The molecule has 4 amide bonds. The predicted molar refractivity (Wildman–Crippen MR) is 195 cm³/mol. The lowest BCUT2D eigenvalue weighted by atomic mass is 10.1. The standard InChI is InChI=1S/C32H38N4O12S4/c37-13-19(31(45)46)33-27(43)21-15-49-29(17-5-1-3-7-23(17)39)35(21)25(41)9-11-51-52-12-10-26(42)36-22(28(44)34-20(14-38)32(47)48)16-50-30(36)18-6-2-4-8-24(18)40/h1-8,19-22,29-30,37-40H,9-16H2,(H,33,43)(H,34,44)(H,45,46)(H,47,48)/t19-,20-,21-,22-,29+,30+/m0/s1. The third-order valence-electron chi connectivity index (χ3n) is 8.06. The zero-order valence-electron chi connectivity index (χ0n) is 27.4. The van der Waals surface area contributed by atoms with E-state index < -0.39 is 83.7 Å². The number of hydrogen-bond donors (Lipinski definition) is 8. The summed E-state index contributed by atoms with van der Waals surface area (Å²) in [6, 6.07) is 7.45. The number of rotatable bonds is 17. The van der Waals surface area contributed by atoms with Gasteiger partial charge >= 0.3 is 11.9 Å². The van der Waals surface area contributed by atoms with Gasteiger partial charge in [-0.1, -0.05) is 58.0 Å². The summed E-state index contributed by atoms with van der Waals surface area (Å²) in [4.78, 5) is 78.8. The van der Waals surface area contributed by atoms with Crippen LogP contribution in [0, 0.1) is 0 Å². The minimum atomic E-state index is -1.56. The number of carbonyl (C=O) groups is 6. The molecule has 0 spiro atoms. The third-order valence-corrected chi connectivity index (χ3v) is 13.1. The maximum atomic E-state index is 13.6. The molecule has 0 aliphatic carbocycles. The Hall–Kier alpha value is -3.82. The highest BCUT2D eigenvalue weighted by Gasteiger charge is 2.45. The van der Waals surface area contributed by atoms with Gasteiger partial charge in [0.2, 0.25) is 23.6 Å². The lowest BCUT2D eigenvalue weighted by Gasteiger charge is -2.30. The molecule has 2 aromatic carbocycles. The van der Waals surface area contributed by atoms with Gasteiger partial charge in [-0.2, -0.15) is 0 Å². The predicted octanol–water partition coefficient (Wildman–Crippen LogP) is 0.968. The largest absolute Gasteiger partial charge is 0.508 e. The maximum Gasteiger partial charge on any atom is 0.328 e. The van der Waals surface area contributed by atoms with Crippen molar-refractivity contribution in [3.63, 3.8) is 0 Å². The van der Waals surface area contributed by atoms with Crippen LogP contribution in [0.1, 0.15) is 34.7 Å². The van der Waals surface area contributed by atoms with Crippen LogP contribution in [-0.4, -0.2) is 136 Å². The molecule has 0 aromatic heterocycles. The van der Waals surface area contributed by atoms with Gasteiger partial charge in [-0.25, -0.2) is 9.59 Å². The molecule has 20 heteroatoms. The number of para-hydroxylation sites is 2. The number of phenolic OH excluding ortho intramolecular Hbond substituents is 2. The van der Waals surface area contributed by atoms with Crippen molar-refractivity contribution in [3.05, 3.63) is 59.7 Å². The van der Waals surface area contributed by atoms with Crippen molar-refractivity contribution >= 4 is 80.7 Å². The van der Waals surface area contributed by atoms with Crippen LogP contribution in [0.15, 0.2) is 48.5 Å². The summed E-state index contributed by atoms with van der Waals surface area (Å²) in [5, 5.41) is 61.4. The van der Waals surface area contributed by atoms with Crippen molar-refractivity contribution in [1.82, 2.24) is 20.4 Å². The molecule has 2 heterocycles. The molecule has 2 aliphatic heterocycles. The van der Waals surface area contributed by atoms with E-state index in [9.17, 15) is 59.4 Å². The first-order valence-electron chi connectivity index (χ1n) is 15.8. The van der Waals surface area contributed by atoms with Crippen molar-refractivity contribution < 1.29 is 59.4 Å². The summed E-state index contributed by atoms with van der Waals surface area (Å²) in [6.45, 7) is -1.69. The summed E-state index contributed by atoms with van der Waals surface area (Å²) >= 11 is 2.46. The number of hydrogen-bond acceptors (Lipinski definition) is 14. The zero-order chi connectivity index (χ0) is 37.9. The van der Waals surface area contributed by atoms with Gasteiger partial charge in [0.15, 0.2) is 0 Å². The molecule has 2 fully saturated rings. The fraction of sp³-hybridized carbons (Fsp3) is 0.438. The van der Waals surface area contributed by atoms with Gasteiger partial charge in [0.25, 0.3) is 0 Å². The number of aliphatic hydroxyl groups excluding tert-OH is 2. The van der Waals surface area contributed by atoms with Crippen LogP contribution in [0.2, 0.25) is 0 Å². The molecule has 0 radical (unpaired) electrons. The van der Waals surface area contributed by atoms with Crippen molar-refractivity contribution in [2.45, 2.75) is 47.8 Å². The van der Waals surface area contributed by atoms with E-state index in [0.717, 1.165) is 0 Å². The smallest absolute Gasteiger partial charge is 0.328 e. The quantitative estimate of drug-likeness (QED) is 0.0820. The lowest BCUT2D eigenvalue weighted by Crippen LogP contribution is -2.53. The molecular weight excluding hydrogens is 761 g/mol. The first kappa shape index (κ1) is 40.9. The Labute approximate surface area is 314 Å². The Bertz CT molecular complexity index is 1520. The number of amides is 4. The molecule has 8 N–H and O–H groups in total. The minimum Gasteiger partial charge on any atom is -0.508 e. The molecule has 2 aliphatic rings. The Morgan fingerprint density at radius 3 is 1.37 bits per heavy atom. The number of phenols is 2. The fourth-order valence-electron chi connectivity index (χ4n) is 5.44. The molecule has 16 nitrogen and oxygen atoms in total. The highest BCUT2D eigenvalue weighted by atomic mass is 33.1. The van der Waals surface area contributed by atoms with E-state index in [1.807, 2.05) is 0 Å². The van der Waals surface area contributed by atoms with Crippen LogP contribution in [0.25, 0.3) is 0 Å². The number of aliphatic hydroxyl groups is 2. The number of thioether (sulfide) groups is 2. The normalized spacial score (nSPS) is 21.0. The SMILES string of the molecule is O=C(O)[C@H](CO)NC(=O)[C@@H]1CS[C@H](c2ccccc2O)N1C(=O)CCSSCCC(=O)N1[C@@H](c2ccccc2O)SC[C@H]1C(=O)N[C@@H](CO)C(=O)O. The Morgan fingerprint density at radius 1 is 0.673 bits per heavy atom. The molecule has 0 bridgehead atoms. The Balaban J connectivity index is 1.37.